The first kappa shape index (κ1) is 19.7. The van der Waals surface area contributed by atoms with Crippen LogP contribution in [0, 0.1) is 13.8 Å². The smallest absolute Gasteiger partial charge is 0.416 e. The minimum atomic E-state index is -4.47. The lowest BCUT2D eigenvalue weighted by atomic mass is 10.1. The van der Waals surface area contributed by atoms with Crippen LogP contribution >= 0.6 is 0 Å². The van der Waals surface area contributed by atoms with Crippen LogP contribution in [0.15, 0.2) is 56.2 Å². The lowest BCUT2D eigenvalue weighted by Gasteiger charge is -2.09. The van der Waals surface area contributed by atoms with Gasteiger partial charge in [-0.2, -0.15) is 18.2 Å². The maximum Gasteiger partial charge on any atom is 0.416 e. The van der Waals surface area contributed by atoms with Gasteiger partial charge in [-0.05, 0) is 43.7 Å². The number of benzene rings is 2. The normalized spacial score (nSPS) is 11.8. The van der Waals surface area contributed by atoms with Crippen LogP contribution in [0.4, 0.5) is 13.2 Å². The number of hydrogen-bond donors (Lipinski definition) is 0. The Balaban J connectivity index is 1.56. The first-order chi connectivity index (χ1) is 14.2. The van der Waals surface area contributed by atoms with Gasteiger partial charge >= 0.3 is 11.8 Å². The summed E-state index contributed by atoms with van der Waals surface area (Å²) in [5.41, 5.74) is 0.769. The molecule has 6 nitrogen and oxygen atoms in total. The van der Waals surface area contributed by atoms with Crippen molar-refractivity contribution in [2.75, 3.05) is 0 Å². The summed E-state index contributed by atoms with van der Waals surface area (Å²) >= 11 is 0. The van der Waals surface area contributed by atoms with Crippen molar-refractivity contribution in [3.63, 3.8) is 0 Å². The van der Waals surface area contributed by atoms with Crippen LogP contribution < -0.4 is 10.4 Å². The molecule has 0 N–H and O–H groups in total. The van der Waals surface area contributed by atoms with Crippen LogP contribution in [0.3, 0.4) is 0 Å². The summed E-state index contributed by atoms with van der Waals surface area (Å²) in [4.78, 5) is 15.8. The van der Waals surface area contributed by atoms with Gasteiger partial charge in [0.05, 0.1) is 5.56 Å². The molecule has 2 heterocycles. The van der Waals surface area contributed by atoms with Crippen LogP contribution in [-0.4, -0.2) is 10.1 Å². The zero-order valence-corrected chi connectivity index (χ0v) is 15.9. The van der Waals surface area contributed by atoms with Gasteiger partial charge in [-0.3, -0.25) is 0 Å². The SMILES string of the molecule is Cc1cc(=O)oc2c(C)c(OCc3nc(-c4cccc(C(F)(F)F)c4)no3)ccc12. The molecule has 154 valence electrons. The Bertz CT molecular complexity index is 1290. The highest BCUT2D eigenvalue weighted by Crippen LogP contribution is 2.32. The van der Waals surface area contributed by atoms with Crippen LogP contribution in [0.2, 0.25) is 0 Å². The third-order valence-corrected chi connectivity index (χ3v) is 4.59. The summed E-state index contributed by atoms with van der Waals surface area (Å²) in [6, 6.07) is 9.58. The van der Waals surface area contributed by atoms with E-state index < -0.39 is 17.4 Å². The van der Waals surface area contributed by atoms with Crippen molar-refractivity contribution in [1.29, 1.82) is 0 Å². The highest BCUT2D eigenvalue weighted by molar-refractivity contribution is 5.84. The van der Waals surface area contributed by atoms with E-state index in [0.717, 1.165) is 23.1 Å². The van der Waals surface area contributed by atoms with E-state index in [2.05, 4.69) is 10.1 Å². The van der Waals surface area contributed by atoms with E-state index in [4.69, 9.17) is 13.7 Å². The number of hydrogen-bond acceptors (Lipinski definition) is 6. The fourth-order valence-corrected chi connectivity index (χ4v) is 3.06. The number of aryl methyl sites for hydroxylation is 2. The number of halogens is 3. The van der Waals surface area contributed by atoms with E-state index in [1.807, 2.05) is 6.92 Å². The Labute approximate surface area is 167 Å². The molecule has 9 heteroatoms. The number of alkyl halides is 3. The Morgan fingerprint density at radius 2 is 1.90 bits per heavy atom. The monoisotopic (exact) mass is 416 g/mol. The second-order valence-electron chi connectivity index (χ2n) is 6.69. The van der Waals surface area contributed by atoms with E-state index in [9.17, 15) is 18.0 Å². The predicted molar refractivity (Wildman–Crippen MR) is 101 cm³/mol. The summed E-state index contributed by atoms with van der Waals surface area (Å²) in [5.74, 6) is 0.569. The first-order valence-electron chi connectivity index (χ1n) is 8.89. The first-order valence-corrected chi connectivity index (χ1v) is 8.89. The fourth-order valence-electron chi connectivity index (χ4n) is 3.06. The lowest BCUT2D eigenvalue weighted by Crippen LogP contribution is -2.04. The molecule has 0 atom stereocenters. The second-order valence-corrected chi connectivity index (χ2v) is 6.69. The topological polar surface area (TPSA) is 78.4 Å². The molecule has 0 radical (unpaired) electrons. The van der Waals surface area contributed by atoms with Gasteiger partial charge in [0.15, 0.2) is 6.61 Å². The molecule has 0 saturated heterocycles. The molecule has 0 unspecified atom stereocenters. The summed E-state index contributed by atoms with van der Waals surface area (Å²) in [6.45, 7) is 3.46. The molecule has 30 heavy (non-hydrogen) atoms. The maximum absolute atomic E-state index is 12.9. The third-order valence-electron chi connectivity index (χ3n) is 4.59. The average Bonchev–Trinajstić information content (AvgIpc) is 3.16. The Kier molecular flexibility index (Phi) is 4.81. The van der Waals surface area contributed by atoms with Crippen molar-refractivity contribution in [2.45, 2.75) is 26.6 Å². The number of nitrogens with zero attached hydrogens (tertiary/aromatic N) is 2. The molecule has 0 aliphatic rings. The van der Waals surface area contributed by atoms with Crippen LogP contribution in [0.25, 0.3) is 22.4 Å². The molecule has 0 aliphatic heterocycles. The molecule has 0 amide bonds. The Morgan fingerprint density at radius 3 is 2.67 bits per heavy atom. The van der Waals surface area contributed by atoms with E-state index in [0.29, 0.717) is 16.9 Å². The van der Waals surface area contributed by atoms with Crippen LogP contribution in [0.1, 0.15) is 22.6 Å². The molecule has 0 aliphatic carbocycles. The van der Waals surface area contributed by atoms with E-state index in [-0.39, 0.29) is 23.9 Å². The molecular formula is C21H15F3N2O4. The molecule has 0 spiro atoms. The Hall–Kier alpha value is -3.62. The molecule has 4 aromatic rings. The summed E-state index contributed by atoms with van der Waals surface area (Å²) in [7, 11) is 0. The van der Waals surface area contributed by atoms with Crippen molar-refractivity contribution in [2.24, 2.45) is 0 Å². The van der Waals surface area contributed by atoms with Gasteiger partial charge in [0.25, 0.3) is 5.89 Å². The summed E-state index contributed by atoms with van der Waals surface area (Å²) in [6.07, 6.45) is -4.47. The zero-order valence-electron chi connectivity index (χ0n) is 15.9. The standard InChI is InChI=1S/C21H15F3N2O4/c1-11-8-18(27)29-19-12(2)16(7-6-15(11)19)28-10-17-25-20(26-30-17)13-4-3-5-14(9-13)21(22,23)24/h3-9H,10H2,1-2H3. The molecule has 4 rings (SSSR count). The predicted octanol–water partition coefficient (Wildman–Crippen LogP) is 5.06. The minimum absolute atomic E-state index is 0.0246. The molecular weight excluding hydrogens is 401 g/mol. The molecule has 2 aromatic heterocycles. The van der Waals surface area contributed by atoms with Gasteiger partial charge in [0, 0.05) is 22.6 Å². The van der Waals surface area contributed by atoms with E-state index >= 15 is 0 Å². The highest BCUT2D eigenvalue weighted by atomic mass is 19.4. The van der Waals surface area contributed by atoms with Gasteiger partial charge < -0.3 is 13.7 Å². The van der Waals surface area contributed by atoms with Gasteiger partial charge in [-0.25, -0.2) is 4.79 Å². The highest BCUT2D eigenvalue weighted by Gasteiger charge is 2.30. The zero-order chi connectivity index (χ0) is 21.5. The number of ether oxygens (including phenoxy) is 1. The van der Waals surface area contributed by atoms with Gasteiger partial charge in [0.1, 0.15) is 11.3 Å². The van der Waals surface area contributed by atoms with Gasteiger partial charge in [0.2, 0.25) is 5.82 Å². The average molecular weight is 416 g/mol. The maximum atomic E-state index is 12.9. The molecule has 0 bridgehead atoms. The van der Waals surface area contributed by atoms with Crippen molar-refractivity contribution in [3.05, 3.63) is 75.5 Å². The van der Waals surface area contributed by atoms with E-state index in [1.54, 1.807) is 19.1 Å². The van der Waals surface area contributed by atoms with Crippen molar-refractivity contribution in [1.82, 2.24) is 10.1 Å². The van der Waals surface area contributed by atoms with Gasteiger partial charge in [-0.15, -0.1) is 0 Å². The Morgan fingerprint density at radius 1 is 1.10 bits per heavy atom. The van der Waals surface area contributed by atoms with Crippen molar-refractivity contribution in [3.8, 4) is 17.1 Å². The minimum Gasteiger partial charge on any atom is -0.483 e. The number of rotatable bonds is 4. The molecule has 0 saturated carbocycles. The van der Waals surface area contributed by atoms with Gasteiger partial charge in [-0.1, -0.05) is 17.3 Å². The van der Waals surface area contributed by atoms with Crippen molar-refractivity contribution < 1.29 is 26.8 Å². The quantitative estimate of drug-likeness (QED) is 0.433. The third kappa shape index (κ3) is 3.78. The van der Waals surface area contributed by atoms with Crippen LogP contribution in [0.5, 0.6) is 5.75 Å². The van der Waals surface area contributed by atoms with E-state index in [1.165, 1.54) is 18.2 Å². The summed E-state index contributed by atoms with van der Waals surface area (Å²) < 4.78 is 54.7. The lowest BCUT2D eigenvalue weighted by molar-refractivity contribution is -0.137. The van der Waals surface area contributed by atoms with Crippen LogP contribution in [-0.2, 0) is 12.8 Å². The summed E-state index contributed by atoms with van der Waals surface area (Å²) in [5, 5.41) is 4.52. The molecule has 2 aromatic carbocycles. The fraction of sp³-hybridized carbons (Fsp3) is 0.190. The number of aromatic nitrogens is 2. The largest absolute Gasteiger partial charge is 0.483 e. The molecule has 0 fully saturated rings. The second kappa shape index (κ2) is 7.33. The number of fused-ring (bicyclic) bond motifs is 1. The van der Waals surface area contributed by atoms with Crippen molar-refractivity contribution >= 4 is 11.0 Å².